The molecule has 4 unspecified atom stereocenters. The molecular formula is C19H25NO. The van der Waals surface area contributed by atoms with Crippen molar-refractivity contribution in [2.45, 2.75) is 58.3 Å². The van der Waals surface area contributed by atoms with Gasteiger partial charge in [-0.05, 0) is 80.1 Å². The Morgan fingerprint density at radius 1 is 1.14 bits per heavy atom. The molecule has 0 aliphatic heterocycles. The third kappa shape index (κ3) is 1.86. The van der Waals surface area contributed by atoms with Gasteiger partial charge in [0.05, 0.1) is 12.0 Å². The number of nitrogens with zero attached hydrogens (tertiary/aromatic N) is 1. The molecule has 4 rings (SSSR count). The van der Waals surface area contributed by atoms with Gasteiger partial charge in [-0.1, -0.05) is 12.5 Å². The first-order valence-corrected chi connectivity index (χ1v) is 8.76. The number of hydrogen-bond donors (Lipinski definition) is 0. The number of hydrogen-bond acceptors (Lipinski definition) is 2. The molecule has 0 aromatic heterocycles. The van der Waals surface area contributed by atoms with Crippen LogP contribution in [0.25, 0.3) is 0 Å². The van der Waals surface area contributed by atoms with E-state index >= 15 is 0 Å². The first-order chi connectivity index (χ1) is 10.1. The molecule has 0 amide bonds. The Hall–Kier alpha value is -1.10. The summed E-state index contributed by atoms with van der Waals surface area (Å²) < 4.78 is 0. The van der Waals surface area contributed by atoms with Crippen LogP contribution in [0.1, 0.15) is 58.3 Å². The molecule has 0 N–H and O–H groups in total. The highest BCUT2D eigenvalue weighted by atomic mass is 16.1. The van der Waals surface area contributed by atoms with E-state index < -0.39 is 0 Å². The monoisotopic (exact) mass is 283 g/mol. The topological polar surface area (TPSA) is 40.9 Å². The SMILES string of the molecule is C[C@]12CCC3C4CCC(=O)C=C4CCC3C1CC[C@@H]2C#N. The summed E-state index contributed by atoms with van der Waals surface area (Å²) in [5.74, 6) is 3.71. The molecular weight excluding hydrogens is 258 g/mol. The third-order valence-electron chi connectivity index (χ3n) is 7.46. The molecule has 0 saturated heterocycles. The molecule has 112 valence electrons. The maximum absolute atomic E-state index is 11.7. The van der Waals surface area contributed by atoms with Crippen LogP contribution in [-0.2, 0) is 4.79 Å². The lowest BCUT2D eigenvalue weighted by molar-refractivity contribution is -0.116. The summed E-state index contributed by atoms with van der Waals surface area (Å²) in [7, 11) is 0. The van der Waals surface area contributed by atoms with E-state index in [1.165, 1.54) is 31.3 Å². The Labute approximate surface area is 127 Å². The average Bonchev–Trinajstić information content (AvgIpc) is 2.83. The fraction of sp³-hybridized carbons (Fsp3) is 0.789. The van der Waals surface area contributed by atoms with E-state index in [0.29, 0.717) is 11.7 Å². The first kappa shape index (κ1) is 13.6. The summed E-state index contributed by atoms with van der Waals surface area (Å²) in [6.07, 6.45) is 11.1. The minimum absolute atomic E-state index is 0.279. The van der Waals surface area contributed by atoms with Crippen molar-refractivity contribution in [1.29, 1.82) is 5.26 Å². The predicted molar refractivity (Wildman–Crippen MR) is 81.2 cm³/mol. The smallest absolute Gasteiger partial charge is 0.155 e. The van der Waals surface area contributed by atoms with Crippen LogP contribution >= 0.6 is 0 Å². The van der Waals surface area contributed by atoms with Crippen molar-refractivity contribution in [1.82, 2.24) is 0 Å². The molecule has 3 saturated carbocycles. The lowest BCUT2D eigenvalue weighted by atomic mass is 9.51. The van der Waals surface area contributed by atoms with Crippen molar-refractivity contribution < 1.29 is 4.79 Å². The number of carbonyl (C=O) groups excluding carboxylic acids is 1. The van der Waals surface area contributed by atoms with Crippen LogP contribution in [0.2, 0.25) is 0 Å². The van der Waals surface area contributed by atoms with Gasteiger partial charge in [-0.3, -0.25) is 4.79 Å². The van der Waals surface area contributed by atoms with E-state index in [0.717, 1.165) is 43.4 Å². The second-order valence-corrected chi connectivity index (χ2v) is 8.11. The zero-order valence-corrected chi connectivity index (χ0v) is 13.0. The molecule has 6 atom stereocenters. The summed E-state index contributed by atoms with van der Waals surface area (Å²) in [5, 5.41) is 9.49. The van der Waals surface area contributed by atoms with Gasteiger partial charge in [0.25, 0.3) is 0 Å². The van der Waals surface area contributed by atoms with Gasteiger partial charge in [0.2, 0.25) is 0 Å². The highest BCUT2D eigenvalue weighted by Crippen LogP contribution is 2.63. The Bertz CT molecular complexity index is 542. The maximum atomic E-state index is 11.7. The number of carbonyl (C=O) groups is 1. The summed E-state index contributed by atoms with van der Waals surface area (Å²) in [4.78, 5) is 11.7. The van der Waals surface area contributed by atoms with Crippen LogP contribution in [0.15, 0.2) is 11.6 Å². The van der Waals surface area contributed by atoms with Crippen molar-refractivity contribution >= 4 is 5.78 Å². The van der Waals surface area contributed by atoms with Crippen LogP contribution in [-0.4, -0.2) is 5.78 Å². The summed E-state index contributed by atoms with van der Waals surface area (Å²) in [6.45, 7) is 2.39. The van der Waals surface area contributed by atoms with Gasteiger partial charge in [0, 0.05) is 6.42 Å². The van der Waals surface area contributed by atoms with Gasteiger partial charge < -0.3 is 0 Å². The normalized spacial score (nSPS) is 48.7. The van der Waals surface area contributed by atoms with E-state index in [-0.39, 0.29) is 11.3 Å². The number of ketones is 1. The molecule has 0 radical (unpaired) electrons. The molecule has 4 aliphatic carbocycles. The van der Waals surface area contributed by atoms with Gasteiger partial charge in [-0.15, -0.1) is 0 Å². The summed E-state index contributed by atoms with van der Waals surface area (Å²) in [5.41, 5.74) is 1.74. The quantitative estimate of drug-likeness (QED) is 0.666. The van der Waals surface area contributed by atoms with E-state index in [4.69, 9.17) is 0 Å². The fourth-order valence-electron chi connectivity index (χ4n) is 6.39. The number of nitriles is 1. The van der Waals surface area contributed by atoms with Gasteiger partial charge in [-0.25, -0.2) is 0 Å². The second-order valence-electron chi connectivity index (χ2n) is 8.11. The molecule has 21 heavy (non-hydrogen) atoms. The Kier molecular flexibility index (Phi) is 3.03. The Balaban J connectivity index is 1.63. The molecule has 0 bridgehead atoms. The third-order valence-corrected chi connectivity index (χ3v) is 7.46. The van der Waals surface area contributed by atoms with Gasteiger partial charge in [0.15, 0.2) is 5.78 Å². The fourth-order valence-corrected chi connectivity index (χ4v) is 6.39. The maximum Gasteiger partial charge on any atom is 0.155 e. The number of fused-ring (bicyclic) bond motifs is 5. The molecule has 0 heterocycles. The first-order valence-electron chi connectivity index (χ1n) is 8.76. The zero-order chi connectivity index (χ0) is 14.6. The number of rotatable bonds is 0. The largest absolute Gasteiger partial charge is 0.295 e. The Morgan fingerprint density at radius 3 is 2.81 bits per heavy atom. The highest BCUT2D eigenvalue weighted by molar-refractivity contribution is 5.91. The van der Waals surface area contributed by atoms with Gasteiger partial charge in [-0.2, -0.15) is 5.26 Å². The van der Waals surface area contributed by atoms with Crippen LogP contribution in [0.3, 0.4) is 0 Å². The lowest BCUT2D eigenvalue weighted by Crippen LogP contribution is -2.46. The van der Waals surface area contributed by atoms with Crippen molar-refractivity contribution in [3.63, 3.8) is 0 Å². The van der Waals surface area contributed by atoms with E-state index in [2.05, 4.69) is 13.0 Å². The second kappa shape index (κ2) is 4.70. The molecule has 3 fully saturated rings. The van der Waals surface area contributed by atoms with E-state index in [1.807, 2.05) is 6.08 Å². The minimum Gasteiger partial charge on any atom is -0.295 e. The van der Waals surface area contributed by atoms with Gasteiger partial charge >= 0.3 is 0 Å². The predicted octanol–water partition coefficient (Wildman–Crippen LogP) is 4.27. The van der Waals surface area contributed by atoms with E-state index in [1.54, 1.807) is 0 Å². The van der Waals surface area contributed by atoms with E-state index in [9.17, 15) is 10.1 Å². The summed E-state index contributed by atoms with van der Waals surface area (Å²) in [6, 6.07) is 2.61. The zero-order valence-electron chi connectivity index (χ0n) is 13.0. The van der Waals surface area contributed by atoms with Crippen LogP contribution < -0.4 is 0 Å². The molecule has 4 aliphatic rings. The molecule has 0 aromatic rings. The van der Waals surface area contributed by atoms with Crippen molar-refractivity contribution in [2.75, 3.05) is 0 Å². The Morgan fingerprint density at radius 2 is 2.00 bits per heavy atom. The van der Waals surface area contributed by atoms with Crippen LogP contribution in [0, 0.1) is 46.3 Å². The minimum atomic E-state index is 0.279. The lowest BCUT2D eigenvalue weighted by Gasteiger charge is -2.53. The van der Waals surface area contributed by atoms with Crippen LogP contribution in [0.5, 0.6) is 0 Å². The summed E-state index contributed by atoms with van der Waals surface area (Å²) >= 11 is 0. The molecule has 2 heteroatoms. The van der Waals surface area contributed by atoms with Crippen molar-refractivity contribution in [3.05, 3.63) is 11.6 Å². The average molecular weight is 283 g/mol. The van der Waals surface area contributed by atoms with Crippen LogP contribution in [0.4, 0.5) is 0 Å². The molecule has 0 spiro atoms. The number of allylic oxidation sites excluding steroid dienone is 1. The van der Waals surface area contributed by atoms with Gasteiger partial charge in [0.1, 0.15) is 0 Å². The highest BCUT2D eigenvalue weighted by Gasteiger charge is 2.56. The molecule has 0 aromatic carbocycles. The molecule has 2 nitrogen and oxygen atoms in total. The van der Waals surface area contributed by atoms with Crippen molar-refractivity contribution in [2.24, 2.45) is 35.0 Å². The standard InChI is InChI=1S/C19H25NO/c1-19-9-8-16-15-6-4-14(21)10-12(15)2-5-17(16)18(19)7-3-13(19)11-20/h10,13,15-18H,2-9H2,1H3/t13-,15?,16?,17?,18?,19-/m1/s1. The van der Waals surface area contributed by atoms with Crippen molar-refractivity contribution in [3.8, 4) is 6.07 Å².